The molecule has 1 saturated carbocycles. The molecule has 2 amide bonds. The minimum atomic E-state index is -0.0276. The minimum absolute atomic E-state index is 0.00259. The number of benzene rings is 1. The molecule has 1 aliphatic rings. The first-order valence-electron chi connectivity index (χ1n) is 9.97. The van der Waals surface area contributed by atoms with Crippen LogP contribution in [0, 0.1) is 11.3 Å². The van der Waals surface area contributed by atoms with Crippen molar-refractivity contribution in [2.45, 2.75) is 59.9 Å². The van der Waals surface area contributed by atoms with Gasteiger partial charge in [-0.1, -0.05) is 27.7 Å². The summed E-state index contributed by atoms with van der Waals surface area (Å²) in [6.45, 7) is 9.56. The van der Waals surface area contributed by atoms with E-state index in [9.17, 15) is 9.59 Å². The zero-order valence-electron chi connectivity index (χ0n) is 17.8. The van der Waals surface area contributed by atoms with Crippen molar-refractivity contribution in [2.75, 3.05) is 30.9 Å². The summed E-state index contributed by atoms with van der Waals surface area (Å²) in [4.78, 5) is 28.8. The van der Waals surface area contributed by atoms with Crippen LogP contribution < -0.4 is 10.2 Å². The summed E-state index contributed by atoms with van der Waals surface area (Å²) in [7, 11) is 4.01. The molecule has 0 aliphatic heterocycles. The standard InChI is InChI=1S/C22H35N3O2/c1-7-20(26)23-18-10-11-19(24(5)6)17(12-18)15-25(14-16-8-9-16)21(27)13-22(2,3)4/h10-12,16H,7-9,13-15H2,1-6H3,(H,23,26). The van der Waals surface area contributed by atoms with Crippen LogP contribution >= 0.6 is 0 Å². The number of carbonyl (C=O) groups excluding carboxylic acids is 2. The smallest absolute Gasteiger partial charge is 0.224 e. The molecule has 0 radical (unpaired) electrons. The zero-order valence-corrected chi connectivity index (χ0v) is 17.8. The molecule has 150 valence electrons. The highest BCUT2D eigenvalue weighted by molar-refractivity contribution is 5.91. The van der Waals surface area contributed by atoms with Crippen molar-refractivity contribution in [3.05, 3.63) is 23.8 Å². The van der Waals surface area contributed by atoms with Crippen molar-refractivity contribution in [2.24, 2.45) is 11.3 Å². The molecule has 0 aromatic heterocycles. The molecule has 0 spiro atoms. The van der Waals surface area contributed by atoms with Gasteiger partial charge in [0.15, 0.2) is 0 Å². The molecule has 0 unspecified atom stereocenters. The second-order valence-electron chi connectivity index (χ2n) is 9.09. The third-order valence-electron chi connectivity index (χ3n) is 4.74. The van der Waals surface area contributed by atoms with Crippen LogP contribution in [0.5, 0.6) is 0 Å². The Bertz CT molecular complexity index is 673. The Balaban J connectivity index is 2.26. The van der Waals surface area contributed by atoms with Crippen molar-refractivity contribution in [3.8, 4) is 0 Å². The number of carbonyl (C=O) groups is 2. The van der Waals surface area contributed by atoms with E-state index in [-0.39, 0.29) is 17.2 Å². The Labute approximate surface area is 164 Å². The van der Waals surface area contributed by atoms with Crippen LogP contribution in [0.1, 0.15) is 58.9 Å². The lowest BCUT2D eigenvalue weighted by Crippen LogP contribution is -2.35. The van der Waals surface area contributed by atoms with Crippen LogP contribution in [-0.2, 0) is 16.1 Å². The summed E-state index contributed by atoms with van der Waals surface area (Å²) >= 11 is 0. The molecule has 2 rings (SSSR count). The van der Waals surface area contributed by atoms with Gasteiger partial charge in [-0.05, 0) is 47.9 Å². The van der Waals surface area contributed by atoms with Gasteiger partial charge in [0.2, 0.25) is 11.8 Å². The second-order valence-corrected chi connectivity index (χ2v) is 9.09. The molecule has 0 atom stereocenters. The van der Waals surface area contributed by atoms with Gasteiger partial charge < -0.3 is 15.1 Å². The van der Waals surface area contributed by atoms with Gasteiger partial charge >= 0.3 is 0 Å². The van der Waals surface area contributed by atoms with Gasteiger partial charge in [-0.15, -0.1) is 0 Å². The lowest BCUT2D eigenvalue weighted by molar-refractivity contribution is -0.134. The predicted octanol–water partition coefficient (Wildman–Crippen LogP) is 4.28. The highest BCUT2D eigenvalue weighted by Gasteiger charge is 2.29. The largest absolute Gasteiger partial charge is 0.377 e. The Kier molecular flexibility index (Phi) is 6.90. The van der Waals surface area contributed by atoms with E-state index in [2.05, 4.69) is 31.0 Å². The molecule has 0 bridgehead atoms. The van der Waals surface area contributed by atoms with Gasteiger partial charge in [0.25, 0.3) is 0 Å². The molecule has 1 aliphatic carbocycles. The molecule has 0 heterocycles. The number of hydrogen-bond acceptors (Lipinski definition) is 3. The van der Waals surface area contributed by atoms with Crippen molar-refractivity contribution >= 4 is 23.2 Å². The number of amides is 2. The first-order valence-corrected chi connectivity index (χ1v) is 9.97. The van der Waals surface area contributed by atoms with Crippen LogP contribution in [-0.4, -0.2) is 37.4 Å². The van der Waals surface area contributed by atoms with E-state index in [0.717, 1.165) is 23.5 Å². The van der Waals surface area contributed by atoms with Crippen molar-refractivity contribution in [1.82, 2.24) is 4.90 Å². The van der Waals surface area contributed by atoms with E-state index in [1.165, 1.54) is 12.8 Å². The molecule has 0 saturated heterocycles. The molecule has 27 heavy (non-hydrogen) atoms. The van der Waals surface area contributed by atoms with E-state index < -0.39 is 0 Å². The SMILES string of the molecule is CCC(=O)Nc1ccc(N(C)C)c(CN(CC2CC2)C(=O)CC(C)(C)C)c1. The number of nitrogens with one attached hydrogen (secondary N) is 1. The summed E-state index contributed by atoms with van der Waals surface area (Å²) < 4.78 is 0. The Morgan fingerprint density at radius 2 is 1.85 bits per heavy atom. The van der Waals surface area contributed by atoms with E-state index in [1.54, 1.807) is 0 Å². The number of rotatable bonds is 8. The summed E-state index contributed by atoms with van der Waals surface area (Å²) in [5.74, 6) is 0.846. The molecule has 1 N–H and O–H groups in total. The summed E-state index contributed by atoms with van der Waals surface area (Å²) in [5.41, 5.74) is 2.91. The fraction of sp³-hybridized carbons (Fsp3) is 0.636. The van der Waals surface area contributed by atoms with E-state index >= 15 is 0 Å². The lowest BCUT2D eigenvalue weighted by atomic mass is 9.91. The monoisotopic (exact) mass is 373 g/mol. The average molecular weight is 374 g/mol. The predicted molar refractivity (Wildman–Crippen MR) is 112 cm³/mol. The van der Waals surface area contributed by atoms with Gasteiger partial charge in [0.1, 0.15) is 0 Å². The van der Waals surface area contributed by atoms with Crippen LogP contribution in [0.3, 0.4) is 0 Å². The van der Waals surface area contributed by atoms with E-state index in [0.29, 0.717) is 25.3 Å². The third kappa shape index (κ3) is 6.89. The Hall–Kier alpha value is -2.04. The van der Waals surface area contributed by atoms with Crippen LogP contribution in [0.4, 0.5) is 11.4 Å². The Morgan fingerprint density at radius 1 is 1.19 bits per heavy atom. The molecule has 5 nitrogen and oxygen atoms in total. The van der Waals surface area contributed by atoms with Crippen molar-refractivity contribution in [1.29, 1.82) is 0 Å². The molecular formula is C22H35N3O2. The maximum Gasteiger partial charge on any atom is 0.224 e. The van der Waals surface area contributed by atoms with Crippen LogP contribution in [0.25, 0.3) is 0 Å². The van der Waals surface area contributed by atoms with Gasteiger partial charge in [0.05, 0.1) is 0 Å². The van der Waals surface area contributed by atoms with E-state index in [4.69, 9.17) is 0 Å². The van der Waals surface area contributed by atoms with Gasteiger partial charge in [-0.2, -0.15) is 0 Å². The molecule has 5 heteroatoms. The molecular weight excluding hydrogens is 338 g/mol. The van der Waals surface area contributed by atoms with Crippen molar-refractivity contribution in [3.63, 3.8) is 0 Å². The highest BCUT2D eigenvalue weighted by atomic mass is 16.2. The van der Waals surface area contributed by atoms with Crippen LogP contribution in [0.15, 0.2) is 18.2 Å². The number of nitrogens with zero attached hydrogens (tertiary/aromatic N) is 2. The topological polar surface area (TPSA) is 52.7 Å². The first kappa shape index (κ1) is 21.3. The van der Waals surface area contributed by atoms with Gasteiger partial charge in [-0.3, -0.25) is 9.59 Å². The average Bonchev–Trinajstić information content (AvgIpc) is 3.36. The Morgan fingerprint density at radius 3 is 2.37 bits per heavy atom. The molecule has 1 fully saturated rings. The third-order valence-corrected chi connectivity index (χ3v) is 4.74. The van der Waals surface area contributed by atoms with Crippen LogP contribution in [0.2, 0.25) is 0 Å². The maximum absolute atomic E-state index is 13.0. The van der Waals surface area contributed by atoms with E-state index in [1.807, 2.05) is 44.1 Å². The summed E-state index contributed by atoms with van der Waals surface area (Å²) in [6, 6.07) is 5.95. The number of hydrogen-bond donors (Lipinski definition) is 1. The fourth-order valence-electron chi connectivity index (χ4n) is 3.11. The van der Waals surface area contributed by atoms with Gasteiger partial charge in [-0.25, -0.2) is 0 Å². The zero-order chi connectivity index (χ0) is 20.2. The van der Waals surface area contributed by atoms with Gasteiger partial charge in [0, 0.05) is 51.4 Å². The molecule has 1 aromatic rings. The summed E-state index contributed by atoms with van der Waals surface area (Å²) in [6.07, 6.45) is 3.42. The molecule has 1 aromatic carbocycles. The fourth-order valence-corrected chi connectivity index (χ4v) is 3.11. The maximum atomic E-state index is 13.0. The quantitative estimate of drug-likeness (QED) is 0.740. The lowest BCUT2D eigenvalue weighted by Gasteiger charge is -2.29. The summed E-state index contributed by atoms with van der Waals surface area (Å²) in [5, 5.41) is 2.93. The second kappa shape index (κ2) is 8.77. The highest BCUT2D eigenvalue weighted by Crippen LogP contribution is 2.32. The normalized spacial score (nSPS) is 14.0. The first-order chi connectivity index (χ1) is 12.6. The number of anilines is 2. The minimum Gasteiger partial charge on any atom is -0.377 e. The van der Waals surface area contributed by atoms with Crippen molar-refractivity contribution < 1.29 is 9.59 Å².